The van der Waals surface area contributed by atoms with E-state index in [1.807, 2.05) is 0 Å². The quantitative estimate of drug-likeness (QED) is 0.796. The van der Waals surface area contributed by atoms with Crippen LogP contribution in [-0.4, -0.2) is 32.8 Å². The van der Waals surface area contributed by atoms with Crippen LogP contribution in [0.15, 0.2) is 17.0 Å². The maximum absolute atomic E-state index is 14.1. The molecule has 0 unspecified atom stereocenters. The monoisotopic (exact) mass is 333 g/mol. The van der Waals surface area contributed by atoms with Crippen molar-refractivity contribution in [2.24, 2.45) is 5.92 Å². The second-order valence-corrected chi connectivity index (χ2v) is 8.09. The highest BCUT2D eigenvalue weighted by Gasteiger charge is 2.25. The minimum Gasteiger partial charge on any atom is -0.341 e. The van der Waals surface area contributed by atoms with Gasteiger partial charge in [0.05, 0.1) is 10.5 Å². The Labute approximate surface area is 128 Å². The van der Waals surface area contributed by atoms with E-state index in [-0.39, 0.29) is 16.0 Å². The zero-order chi connectivity index (χ0) is 15.8. The zero-order valence-electron chi connectivity index (χ0n) is 11.9. The average molecular weight is 334 g/mol. The number of nitrogens with zero attached hydrogens (tertiary/aromatic N) is 1. The van der Waals surface area contributed by atoms with Crippen LogP contribution in [0.4, 0.5) is 4.39 Å². The molecule has 0 spiro atoms. The molecule has 1 aromatic carbocycles. The standard InChI is InChI=1S/C14H17ClFNO3S/c1-9-6-11(21(15,19)20)7-12(13(9)16)14(18)17(2)8-10-4-3-5-10/h6-7,10H,3-5,8H2,1-2H3. The first-order chi connectivity index (χ1) is 9.70. The summed E-state index contributed by atoms with van der Waals surface area (Å²) in [5.41, 5.74) is -0.173. The predicted molar refractivity (Wildman–Crippen MR) is 78.5 cm³/mol. The molecule has 7 heteroatoms. The highest BCUT2D eigenvalue weighted by atomic mass is 35.7. The number of hydrogen-bond donors (Lipinski definition) is 0. The SMILES string of the molecule is Cc1cc(S(=O)(=O)Cl)cc(C(=O)N(C)CC2CCC2)c1F. The Morgan fingerprint density at radius 1 is 1.43 bits per heavy atom. The van der Waals surface area contributed by atoms with Crippen LogP contribution in [0.5, 0.6) is 0 Å². The molecule has 116 valence electrons. The topological polar surface area (TPSA) is 54.5 Å². The maximum Gasteiger partial charge on any atom is 0.261 e. The fourth-order valence-electron chi connectivity index (χ4n) is 2.38. The number of benzene rings is 1. The molecule has 0 aliphatic heterocycles. The van der Waals surface area contributed by atoms with E-state index in [1.165, 1.54) is 11.8 Å². The van der Waals surface area contributed by atoms with Gasteiger partial charge in [0.1, 0.15) is 5.82 Å². The third kappa shape index (κ3) is 3.55. The van der Waals surface area contributed by atoms with Crippen molar-refractivity contribution in [2.75, 3.05) is 13.6 Å². The van der Waals surface area contributed by atoms with Crippen LogP contribution >= 0.6 is 10.7 Å². The van der Waals surface area contributed by atoms with E-state index >= 15 is 0 Å². The van der Waals surface area contributed by atoms with Crippen LogP contribution in [0.1, 0.15) is 35.2 Å². The van der Waals surface area contributed by atoms with Gasteiger partial charge in [0, 0.05) is 24.3 Å². The molecule has 1 aliphatic carbocycles. The molecule has 0 saturated heterocycles. The lowest BCUT2D eigenvalue weighted by Crippen LogP contribution is -2.34. The van der Waals surface area contributed by atoms with Crippen molar-refractivity contribution in [3.63, 3.8) is 0 Å². The second kappa shape index (κ2) is 5.93. The third-order valence-corrected chi connectivity index (χ3v) is 5.18. The smallest absolute Gasteiger partial charge is 0.261 e. The van der Waals surface area contributed by atoms with Crippen molar-refractivity contribution >= 4 is 25.6 Å². The van der Waals surface area contributed by atoms with Gasteiger partial charge < -0.3 is 4.90 Å². The van der Waals surface area contributed by atoms with Crippen molar-refractivity contribution in [2.45, 2.75) is 31.1 Å². The highest BCUT2D eigenvalue weighted by molar-refractivity contribution is 8.13. The molecule has 1 aliphatic rings. The van der Waals surface area contributed by atoms with E-state index in [1.54, 1.807) is 7.05 Å². The van der Waals surface area contributed by atoms with Crippen LogP contribution in [0, 0.1) is 18.7 Å². The fourth-order valence-corrected chi connectivity index (χ4v) is 3.23. The minimum atomic E-state index is -4.01. The number of aryl methyl sites for hydroxylation is 1. The summed E-state index contributed by atoms with van der Waals surface area (Å²) in [4.78, 5) is 13.5. The van der Waals surface area contributed by atoms with Gasteiger partial charge in [-0.2, -0.15) is 0 Å². The van der Waals surface area contributed by atoms with Crippen LogP contribution < -0.4 is 0 Å². The predicted octanol–water partition coefficient (Wildman–Crippen LogP) is 2.93. The summed E-state index contributed by atoms with van der Waals surface area (Å²) in [6.45, 7) is 1.96. The van der Waals surface area contributed by atoms with E-state index in [0.717, 1.165) is 31.4 Å². The lowest BCUT2D eigenvalue weighted by Gasteiger charge is -2.30. The summed E-state index contributed by atoms with van der Waals surface area (Å²) in [6, 6.07) is 2.13. The molecule has 1 fully saturated rings. The van der Waals surface area contributed by atoms with E-state index < -0.39 is 20.8 Å². The first-order valence-corrected chi connectivity index (χ1v) is 9.01. The van der Waals surface area contributed by atoms with Crippen molar-refractivity contribution in [1.82, 2.24) is 4.90 Å². The Morgan fingerprint density at radius 2 is 2.05 bits per heavy atom. The number of hydrogen-bond acceptors (Lipinski definition) is 3. The molecule has 0 radical (unpaired) electrons. The largest absolute Gasteiger partial charge is 0.341 e. The number of halogens is 2. The van der Waals surface area contributed by atoms with Crippen molar-refractivity contribution in [3.05, 3.63) is 29.1 Å². The molecule has 1 saturated carbocycles. The van der Waals surface area contributed by atoms with E-state index in [0.29, 0.717) is 12.5 Å². The minimum absolute atomic E-state index is 0.0807. The molecule has 1 amide bonds. The second-order valence-electron chi connectivity index (χ2n) is 5.52. The van der Waals surface area contributed by atoms with Crippen LogP contribution in [-0.2, 0) is 9.05 Å². The summed E-state index contributed by atoms with van der Waals surface area (Å²) in [6.07, 6.45) is 3.28. The third-order valence-electron chi connectivity index (χ3n) is 3.84. The highest BCUT2D eigenvalue weighted by Crippen LogP contribution is 2.28. The van der Waals surface area contributed by atoms with Gasteiger partial charge in [-0.3, -0.25) is 4.79 Å². The molecule has 0 heterocycles. The molecular weight excluding hydrogens is 317 g/mol. The molecule has 4 nitrogen and oxygen atoms in total. The van der Waals surface area contributed by atoms with Crippen molar-refractivity contribution < 1.29 is 17.6 Å². The maximum atomic E-state index is 14.1. The first kappa shape index (κ1) is 16.2. The lowest BCUT2D eigenvalue weighted by atomic mass is 9.85. The number of carbonyl (C=O) groups excluding carboxylic acids is 1. The molecule has 0 N–H and O–H groups in total. The summed E-state index contributed by atoms with van der Waals surface area (Å²) in [7, 11) is 2.87. The Bertz CT molecular complexity index is 671. The van der Waals surface area contributed by atoms with Gasteiger partial charge >= 0.3 is 0 Å². The lowest BCUT2D eigenvalue weighted by molar-refractivity contribution is 0.0740. The van der Waals surface area contributed by atoms with Gasteiger partial charge in [0.15, 0.2) is 0 Å². The first-order valence-electron chi connectivity index (χ1n) is 6.70. The van der Waals surface area contributed by atoms with E-state index in [4.69, 9.17) is 10.7 Å². The van der Waals surface area contributed by atoms with Gasteiger partial charge in [0.2, 0.25) is 0 Å². The van der Waals surface area contributed by atoms with E-state index in [2.05, 4.69) is 0 Å². The van der Waals surface area contributed by atoms with Crippen LogP contribution in [0.25, 0.3) is 0 Å². The summed E-state index contributed by atoms with van der Waals surface area (Å²) >= 11 is 0. The molecule has 0 atom stereocenters. The molecule has 1 aromatic rings. The number of carbonyl (C=O) groups is 1. The molecule has 21 heavy (non-hydrogen) atoms. The summed E-state index contributed by atoms with van der Waals surface area (Å²) in [5.74, 6) is -0.780. The number of amides is 1. The zero-order valence-corrected chi connectivity index (χ0v) is 13.5. The van der Waals surface area contributed by atoms with Gasteiger partial charge in [-0.15, -0.1) is 0 Å². The Kier molecular flexibility index (Phi) is 4.58. The summed E-state index contributed by atoms with van der Waals surface area (Å²) < 4.78 is 36.9. The fraction of sp³-hybridized carbons (Fsp3) is 0.500. The van der Waals surface area contributed by atoms with Gasteiger partial charge in [-0.05, 0) is 43.4 Å². The van der Waals surface area contributed by atoms with Crippen molar-refractivity contribution in [3.8, 4) is 0 Å². The molecule has 2 rings (SSSR count). The average Bonchev–Trinajstić information content (AvgIpc) is 2.34. The molecular formula is C14H17ClFNO3S. The normalized spacial score (nSPS) is 15.6. The van der Waals surface area contributed by atoms with Gasteiger partial charge in [-0.25, -0.2) is 12.8 Å². The van der Waals surface area contributed by atoms with Crippen molar-refractivity contribution in [1.29, 1.82) is 0 Å². The van der Waals surface area contributed by atoms with Gasteiger partial charge in [0.25, 0.3) is 15.0 Å². The summed E-state index contributed by atoms with van der Waals surface area (Å²) in [5, 5.41) is 0. The Balaban J connectivity index is 2.33. The Hall–Kier alpha value is -1.14. The number of rotatable bonds is 4. The Morgan fingerprint density at radius 3 is 2.52 bits per heavy atom. The molecule has 0 aromatic heterocycles. The van der Waals surface area contributed by atoms with Gasteiger partial charge in [-0.1, -0.05) is 6.42 Å². The molecule has 0 bridgehead atoms. The van der Waals surface area contributed by atoms with Crippen LogP contribution in [0.3, 0.4) is 0 Å². The van der Waals surface area contributed by atoms with E-state index in [9.17, 15) is 17.6 Å². The van der Waals surface area contributed by atoms with Crippen LogP contribution in [0.2, 0.25) is 0 Å².